The molecule has 0 radical (unpaired) electrons. The molecule has 0 fully saturated rings. The summed E-state index contributed by atoms with van der Waals surface area (Å²) in [6, 6.07) is 5.78. The summed E-state index contributed by atoms with van der Waals surface area (Å²) in [6.07, 6.45) is 3.44. The van der Waals surface area contributed by atoms with Gasteiger partial charge in [-0.15, -0.1) is 12.7 Å². The van der Waals surface area contributed by atoms with E-state index in [2.05, 4.69) is 60.6 Å². The van der Waals surface area contributed by atoms with E-state index < -0.39 is 0 Å². The van der Waals surface area contributed by atoms with Crippen LogP contribution in [0.4, 0.5) is 0 Å². The molecule has 2 rings (SSSR count). The third kappa shape index (κ3) is 7.81. The van der Waals surface area contributed by atoms with E-state index in [0.717, 1.165) is 11.1 Å². The number of halogens is 2. The number of rotatable bonds is 2. The molecule has 0 atom stereocenters. The Morgan fingerprint density at radius 1 is 0.923 bits per heavy atom. The summed E-state index contributed by atoms with van der Waals surface area (Å²) in [4.78, 5) is 0. The molecule has 0 amide bonds. The van der Waals surface area contributed by atoms with Gasteiger partial charge in [0.2, 0.25) is 0 Å². The monoisotopic (exact) mass is 430 g/mol. The molecule has 4 heteroatoms. The van der Waals surface area contributed by atoms with Crippen molar-refractivity contribution in [2.75, 3.05) is 0 Å². The van der Waals surface area contributed by atoms with Gasteiger partial charge < -0.3 is 29.9 Å². The quantitative estimate of drug-likeness (QED) is 0.483. The predicted molar refractivity (Wildman–Crippen MR) is 98.7 cm³/mol. The molecule has 0 saturated heterocycles. The Labute approximate surface area is 188 Å². The SMILES string of the molecule is CC(C)c1ccc(C(C)C)c([O-])c1.CC1=[C-]C(C)(C)C(C)=C1C.[Cl-].[Cl-].[Ti+4]. The number of hydrogen-bond acceptors (Lipinski definition) is 1. The summed E-state index contributed by atoms with van der Waals surface area (Å²) in [5.41, 5.74) is 6.45. The van der Waals surface area contributed by atoms with Crippen LogP contribution in [0.3, 0.4) is 0 Å². The van der Waals surface area contributed by atoms with Gasteiger partial charge >= 0.3 is 21.7 Å². The molecule has 1 aliphatic carbocycles. The van der Waals surface area contributed by atoms with Gasteiger partial charge in [-0.05, 0) is 17.4 Å². The van der Waals surface area contributed by atoms with E-state index in [4.69, 9.17) is 0 Å². The minimum absolute atomic E-state index is 0. The van der Waals surface area contributed by atoms with Crippen LogP contribution in [0.1, 0.15) is 85.3 Å². The zero-order chi connectivity index (χ0) is 17.9. The minimum Gasteiger partial charge on any atom is -1.00 e. The summed E-state index contributed by atoms with van der Waals surface area (Å²) in [5.74, 6) is 0.948. The normalized spacial score (nSPS) is 14.7. The molecule has 0 N–H and O–H groups in total. The first kappa shape index (κ1) is 30.5. The Hall–Kier alpha value is -0.206. The average Bonchev–Trinajstić information content (AvgIpc) is 2.61. The van der Waals surface area contributed by atoms with Crippen molar-refractivity contribution >= 4 is 0 Å². The van der Waals surface area contributed by atoms with Crippen molar-refractivity contribution < 1.29 is 51.6 Å². The number of hydrogen-bond donors (Lipinski definition) is 0. The maximum Gasteiger partial charge on any atom is 4.00 e. The van der Waals surface area contributed by atoms with Gasteiger partial charge in [-0.3, -0.25) is 6.08 Å². The molecule has 1 nitrogen and oxygen atoms in total. The fourth-order valence-electron chi connectivity index (χ4n) is 2.79. The smallest absolute Gasteiger partial charge is 1.00 e. The van der Waals surface area contributed by atoms with Crippen LogP contribution in [0.15, 0.2) is 34.9 Å². The molecule has 1 aromatic carbocycles. The Balaban J connectivity index is -0.000000374. The Morgan fingerprint density at radius 2 is 1.42 bits per heavy atom. The van der Waals surface area contributed by atoms with Crippen molar-refractivity contribution in [1.29, 1.82) is 0 Å². The van der Waals surface area contributed by atoms with Crippen molar-refractivity contribution in [3.05, 3.63) is 52.1 Å². The zero-order valence-electron chi connectivity index (χ0n) is 17.6. The molecule has 0 aliphatic heterocycles. The molecular formula is C22H32Cl2OTi. The second kappa shape index (κ2) is 12.3. The van der Waals surface area contributed by atoms with Crippen LogP contribution >= 0.6 is 0 Å². The fourth-order valence-corrected chi connectivity index (χ4v) is 2.79. The first-order chi connectivity index (χ1) is 10.5. The van der Waals surface area contributed by atoms with Gasteiger partial charge in [-0.1, -0.05) is 84.6 Å². The summed E-state index contributed by atoms with van der Waals surface area (Å²) in [7, 11) is 0. The first-order valence-corrected chi connectivity index (χ1v) is 8.58. The molecule has 0 saturated carbocycles. The van der Waals surface area contributed by atoms with Crippen molar-refractivity contribution in [3.63, 3.8) is 0 Å². The van der Waals surface area contributed by atoms with Crippen LogP contribution in [0, 0.1) is 11.5 Å². The van der Waals surface area contributed by atoms with Crippen molar-refractivity contribution in [2.45, 2.75) is 74.1 Å². The van der Waals surface area contributed by atoms with Gasteiger partial charge in [0.1, 0.15) is 0 Å². The van der Waals surface area contributed by atoms with E-state index in [1.54, 1.807) is 6.07 Å². The van der Waals surface area contributed by atoms with Crippen LogP contribution in [-0.2, 0) is 21.7 Å². The standard InChI is InChI=1S/C12H18O.C10H15.2ClH.Ti/c1-8(2)10-5-6-11(9(3)4)12(13)7-10;1-7-6-10(4,5)9(3)8(7)2;;;/h5-9,13H,1-4H3;1-5H3;2*1H;/q;-1;;;+4/p-3. The Kier molecular flexibility index (Phi) is 14.4. The van der Waals surface area contributed by atoms with Crippen LogP contribution < -0.4 is 29.9 Å². The molecule has 0 spiro atoms. The molecule has 0 bridgehead atoms. The Morgan fingerprint density at radius 3 is 1.65 bits per heavy atom. The number of allylic oxidation sites excluding steroid dienone is 4. The predicted octanol–water partition coefficient (Wildman–Crippen LogP) is 0.125. The van der Waals surface area contributed by atoms with E-state index in [-0.39, 0.29) is 57.7 Å². The number of benzene rings is 1. The average molecular weight is 431 g/mol. The van der Waals surface area contributed by atoms with Crippen LogP contribution in [0.25, 0.3) is 0 Å². The van der Waals surface area contributed by atoms with Gasteiger partial charge in [0.25, 0.3) is 0 Å². The second-order valence-corrected chi connectivity index (χ2v) is 7.73. The van der Waals surface area contributed by atoms with Gasteiger partial charge in [0.05, 0.1) is 0 Å². The van der Waals surface area contributed by atoms with E-state index in [1.807, 2.05) is 19.9 Å². The third-order valence-electron chi connectivity index (χ3n) is 4.89. The Bertz CT molecular complexity index is 629. The van der Waals surface area contributed by atoms with Crippen LogP contribution in [-0.4, -0.2) is 0 Å². The summed E-state index contributed by atoms with van der Waals surface area (Å²) in [5, 5.41) is 11.6. The summed E-state index contributed by atoms with van der Waals surface area (Å²) < 4.78 is 0. The molecule has 26 heavy (non-hydrogen) atoms. The summed E-state index contributed by atoms with van der Waals surface area (Å²) in [6.45, 7) is 19.2. The molecular weight excluding hydrogens is 399 g/mol. The molecule has 0 aromatic heterocycles. The van der Waals surface area contributed by atoms with Crippen LogP contribution in [0.5, 0.6) is 5.75 Å². The first-order valence-electron chi connectivity index (χ1n) is 8.58. The van der Waals surface area contributed by atoms with Crippen molar-refractivity contribution in [2.24, 2.45) is 5.41 Å². The van der Waals surface area contributed by atoms with Crippen LogP contribution in [0.2, 0.25) is 0 Å². The maximum atomic E-state index is 11.6. The zero-order valence-corrected chi connectivity index (χ0v) is 20.6. The van der Waals surface area contributed by atoms with Gasteiger partial charge in [0, 0.05) is 0 Å². The largest absolute Gasteiger partial charge is 4.00 e. The molecule has 0 heterocycles. The molecule has 144 valence electrons. The third-order valence-corrected chi connectivity index (χ3v) is 4.89. The van der Waals surface area contributed by atoms with E-state index >= 15 is 0 Å². The van der Waals surface area contributed by atoms with E-state index in [9.17, 15) is 5.11 Å². The second-order valence-electron chi connectivity index (χ2n) is 7.73. The van der Waals surface area contributed by atoms with E-state index in [0.29, 0.717) is 11.8 Å². The molecule has 1 aromatic rings. The van der Waals surface area contributed by atoms with Gasteiger partial charge in [-0.25, -0.2) is 5.57 Å². The molecule has 1 aliphatic rings. The maximum absolute atomic E-state index is 11.6. The van der Waals surface area contributed by atoms with Crippen molar-refractivity contribution in [1.82, 2.24) is 0 Å². The summed E-state index contributed by atoms with van der Waals surface area (Å²) >= 11 is 0. The van der Waals surface area contributed by atoms with Gasteiger partial charge in [-0.2, -0.15) is 11.1 Å². The molecule has 0 unspecified atom stereocenters. The van der Waals surface area contributed by atoms with E-state index in [1.165, 1.54) is 16.7 Å². The fraction of sp³-hybridized carbons (Fsp3) is 0.545. The van der Waals surface area contributed by atoms with Crippen molar-refractivity contribution in [3.8, 4) is 5.75 Å². The minimum atomic E-state index is 0. The topological polar surface area (TPSA) is 23.1 Å². The van der Waals surface area contributed by atoms with Gasteiger partial charge in [0.15, 0.2) is 0 Å².